The fourth-order valence-corrected chi connectivity index (χ4v) is 4.76. The molecule has 2 fully saturated rings. The summed E-state index contributed by atoms with van der Waals surface area (Å²) in [7, 11) is 0. The van der Waals surface area contributed by atoms with Crippen LogP contribution in [0.15, 0.2) is 24.3 Å². The van der Waals surface area contributed by atoms with E-state index < -0.39 is 17.6 Å². The quantitative estimate of drug-likeness (QED) is 0.876. The number of rotatable bonds is 4. The molecule has 1 N–H and O–H groups in total. The van der Waals surface area contributed by atoms with Crippen LogP contribution in [-0.4, -0.2) is 48.0 Å². The van der Waals surface area contributed by atoms with Gasteiger partial charge >= 0.3 is 6.18 Å². The van der Waals surface area contributed by atoms with E-state index in [2.05, 4.69) is 10.2 Å². The Morgan fingerprint density at radius 1 is 1.24 bits per heavy atom. The number of carbonyl (C=O) groups excluding carboxylic acids is 1. The lowest BCUT2D eigenvalue weighted by Gasteiger charge is -2.35. The first-order valence-electron chi connectivity index (χ1n) is 8.71. The maximum Gasteiger partial charge on any atom is 0.416 e. The summed E-state index contributed by atoms with van der Waals surface area (Å²) in [6.45, 7) is 2.63. The molecule has 1 amide bonds. The van der Waals surface area contributed by atoms with Gasteiger partial charge in [0.15, 0.2) is 0 Å². The molecular weight excluding hydrogens is 349 g/mol. The second kappa shape index (κ2) is 7.99. The Kier molecular flexibility index (Phi) is 5.94. The molecule has 1 aromatic carbocycles. The summed E-state index contributed by atoms with van der Waals surface area (Å²) in [5, 5.41) is 2.80. The lowest BCUT2D eigenvalue weighted by Crippen LogP contribution is -2.43. The van der Waals surface area contributed by atoms with Gasteiger partial charge in [-0.2, -0.15) is 24.9 Å². The van der Waals surface area contributed by atoms with Crippen LogP contribution in [-0.2, 0) is 6.18 Å². The molecule has 1 atom stereocenters. The second-order valence-corrected chi connectivity index (χ2v) is 7.94. The Morgan fingerprint density at radius 3 is 2.64 bits per heavy atom. The minimum atomic E-state index is -4.43. The molecule has 1 unspecified atom stereocenters. The Balaban J connectivity index is 1.47. The van der Waals surface area contributed by atoms with Crippen LogP contribution in [0, 0.1) is 5.92 Å². The first-order valence-corrected chi connectivity index (χ1v) is 9.86. The van der Waals surface area contributed by atoms with Gasteiger partial charge in [-0.15, -0.1) is 0 Å². The molecule has 2 saturated heterocycles. The molecule has 1 aromatic rings. The largest absolute Gasteiger partial charge is 0.416 e. The molecule has 3 rings (SSSR count). The van der Waals surface area contributed by atoms with Crippen molar-refractivity contribution < 1.29 is 18.0 Å². The van der Waals surface area contributed by atoms with E-state index in [1.165, 1.54) is 30.1 Å². The van der Waals surface area contributed by atoms with E-state index in [1.807, 2.05) is 11.8 Å². The van der Waals surface area contributed by atoms with E-state index in [-0.39, 0.29) is 5.56 Å². The normalized spacial score (nSPS) is 22.9. The summed E-state index contributed by atoms with van der Waals surface area (Å²) >= 11 is 2.01. The van der Waals surface area contributed by atoms with E-state index >= 15 is 0 Å². The van der Waals surface area contributed by atoms with Gasteiger partial charge in [-0.25, -0.2) is 0 Å². The van der Waals surface area contributed by atoms with Crippen molar-refractivity contribution in [3.05, 3.63) is 35.4 Å². The third-order valence-electron chi connectivity index (χ3n) is 5.07. The molecule has 25 heavy (non-hydrogen) atoms. The van der Waals surface area contributed by atoms with Gasteiger partial charge in [-0.1, -0.05) is 6.07 Å². The Hall–Kier alpha value is -1.21. The fourth-order valence-electron chi connectivity index (χ4n) is 3.51. The fraction of sp³-hybridized carbons (Fsp3) is 0.611. The van der Waals surface area contributed by atoms with E-state index in [9.17, 15) is 18.0 Å². The van der Waals surface area contributed by atoms with Crippen LogP contribution < -0.4 is 5.32 Å². The SMILES string of the molecule is O=C(NCC1CCN(C2CCSC2)CC1)c1cccc(C(F)(F)F)c1. The minimum absolute atomic E-state index is 0.0650. The number of hydrogen-bond acceptors (Lipinski definition) is 3. The van der Waals surface area contributed by atoms with E-state index in [1.54, 1.807) is 0 Å². The third kappa shape index (κ3) is 4.91. The Bertz CT molecular complexity index is 594. The Labute approximate surface area is 150 Å². The van der Waals surface area contributed by atoms with Crippen LogP contribution in [0.2, 0.25) is 0 Å². The lowest BCUT2D eigenvalue weighted by atomic mass is 9.95. The van der Waals surface area contributed by atoms with E-state index in [0.29, 0.717) is 18.5 Å². The number of carbonyl (C=O) groups is 1. The van der Waals surface area contributed by atoms with Crippen LogP contribution in [0.25, 0.3) is 0 Å². The second-order valence-electron chi connectivity index (χ2n) is 6.79. The van der Waals surface area contributed by atoms with Crippen LogP contribution >= 0.6 is 11.8 Å². The molecular formula is C18H23F3N2OS. The maximum absolute atomic E-state index is 12.7. The highest BCUT2D eigenvalue weighted by atomic mass is 32.2. The molecule has 0 spiro atoms. The van der Waals surface area contributed by atoms with Gasteiger partial charge in [0.1, 0.15) is 0 Å². The topological polar surface area (TPSA) is 32.3 Å². The van der Waals surface area contributed by atoms with Crippen LogP contribution in [0.1, 0.15) is 35.2 Å². The van der Waals surface area contributed by atoms with Crippen molar-refractivity contribution in [1.82, 2.24) is 10.2 Å². The summed E-state index contributed by atoms with van der Waals surface area (Å²) < 4.78 is 38.2. The standard InChI is InChI=1S/C18H23F3N2OS/c19-18(20,21)15-3-1-2-14(10-15)17(24)22-11-13-4-7-23(8-5-13)16-6-9-25-12-16/h1-3,10,13,16H,4-9,11-12H2,(H,22,24). The monoisotopic (exact) mass is 372 g/mol. The zero-order valence-electron chi connectivity index (χ0n) is 14.0. The number of benzene rings is 1. The molecule has 0 aliphatic carbocycles. The van der Waals surface area contributed by atoms with Crippen LogP contribution in [0.5, 0.6) is 0 Å². The highest BCUT2D eigenvalue weighted by Gasteiger charge is 2.31. The maximum atomic E-state index is 12.7. The van der Waals surface area contributed by atoms with Crippen molar-refractivity contribution in [3.63, 3.8) is 0 Å². The molecule has 2 aliphatic rings. The summed E-state index contributed by atoms with van der Waals surface area (Å²) in [5.41, 5.74) is -0.724. The lowest BCUT2D eigenvalue weighted by molar-refractivity contribution is -0.137. The number of hydrogen-bond donors (Lipinski definition) is 1. The summed E-state index contributed by atoms with van der Waals surface area (Å²) in [5.74, 6) is 2.44. The predicted molar refractivity (Wildman–Crippen MR) is 93.8 cm³/mol. The van der Waals surface area contributed by atoms with Gasteiger partial charge < -0.3 is 5.32 Å². The van der Waals surface area contributed by atoms with Crippen molar-refractivity contribution in [3.8, 4) is 0 Å². The van der Waals surface area contributed by atoms with Gasteiger partial charge in [-0.3, -0.25) is 9.69 Å². The third-order valence-corrected chi connectivity index (χ3v) is 6.22. The number of likely N-dealkylation sites (tertiary alicyclic amines) is 1. The molecule has 3 nitrogen and oxygen atoms in total. The van der Waals surface area contributed by atoms with E-state index in [4.69, 9.17) is 0 Å². The zero-order valence-corrected chi connectivity index (χ0v) is 14.8. The van der Waals surface area contributed by atoms with Gasteiger partial charge in [0.2, 0.25) is 0 Å². The van der Waals surface area contributed by atoms with Gasteiger partial charge in [0.05, 0.1) is 5.56 Å². The number of thioether (sulfide) groups is 1. The number of amides is 1. The van der Waals surface area contributed by atoms with Gasteiger partial charge in [0, 0.05) is 23.9 Å². The molecule has 0 radical (unpaired) electrons. The average Bonchev–Trinajstić information content (AvgIpc) is 3.14. The molecule has 2 heterocycles. The smallest absolute Gasteiger partial charge is 0.352 e. The number of nitrogens with zero attached hydrogens (tertiary/aromatic N) is 1. The van der Waals surface area contributed by atoms with Crippen LogP contribution in [0.3, 0.4) is 0 Å². The first kappa shape index (κ1) is 18.6. The molecule has 0 bridgehead atoms. The molecule has 7 heteroatoms. The number of piperidine rings is 1. The van der Waals surface area contributed by atoms with Crippen molar-refractivity contribution in [2.45, 2.75) is 31.5 Å². The predicted octanol–water partition coefficient (Wildman–Crippen LogP) is 3.65. The minimum Gasteiger partial charge on any atom is -0.352 e. The number of halogens is 3. The van der Waals surface area contributed by atoms with Crippen molar-refractivity contribution in [1.29, 1.82) is 0 Å². The highest BCUT2D eigenvalue weighted by Crippen LogP contribution is 2.30. The van der Waals surface area contributed by atoms with Crippen molar-refractivity contribution in [2.75, 3.05) is 31.1 Å². The average molecular weight is 372 g/mol. The van der Waals surface area contributed by atoms with Gasteiger partial charge in [0.25, 0.3) is 5.91 Å². The number of nitrogens with one attached hydrogen (secondary N) is 1. The van der Waals surface area contributed by atoms with E-state index in [0.717, 1.165) is 38.1 Å². The molecule has 0 aromatic heterocycles. The highest BCUT2D eigenvalue weighted by molar-refractivity contribution is 7.99. The summed E-state index contributed by atoms with van der Waals surface area (Å²) in [6.07, 6.45) is -1.10. The van der Waals surface area contributed by atoms with Crippen molar-refractivity contribution >= 4 is 17.7 Å². The first-order chi connectivity index (χ1) is 11.9. The number of alkyl halides is 3. The molecule has 0 saturated carbocycles. The zero-order chi connectivity index (χ0) is 17.9. The van der Waals surface area contributed by atoms with Crippen LogP contribution in [0.4, 0.5) is 13.2 Å². The van der Waals surface area contributed by atoms with Crippen molar-refractivity contribution in [2.24, 2.45) is 5.92 Å². The van der Waals surface area contributed by atoms with Gasteiger partial charge in [-0.05, 0) is 62.2 Å². The molecule has 2 aliphatic heterocycles. The molecule has 138 valence electrons. The summed E-state index contributed by atoms with van der Waals surface area (Å²) in [4.78, 5) is 14.7. The summed E-state index contributed by atoms with van der Waals surface area (Å²) in [6, 6.07) is 5.29. The Morgan fingerprint density at radius 2 is 2.00 bits per heavy atom.